The summed E-state index contributed by atoms with van der Waals surface area (Å²) in [6, 6.07) is 25.4. The van der Waals surface area contributed by atoms with E-state index in [-0.39, 0.29) is 32.5 Å². The van der Waals surface area contributed by atoms with Gasteiger partial charge in [-0.2, -0.15) is 0 Å². The molecule has 0 radical (unpaired) electrons. The smallest absolute Gasteiger partial charge is 0.0679 e. The number of benzene rings is 4. The molecular weight excluding hydrogens is 749 g/mol. The summed E-state index contributed by atoms with van der Waals surface area (Å²) < 4.78 is 0. The normalized spacial score (nSPS) is 17.7. The van der Waals surface area contributed by atoms with Crippen LogP contribution in [0.2, 0.25) is 13.1 Å². The third kappa shape index (κ3) is 9.88. The van der Waals surface area contributed by atoms with E-state index in [1.807, 2.05) is 0 Å². The molecule has 0 bridgehead atoms. The molecule has 328 valence electrons. The first-order valence-electron chi connectivity index (χ1n) is 23.6. The topological polar surface area (TPSA) is 0 Å². The van der Waals surface area contributed by atoms with Crippen molar-refractivity contribution in [2.75, 3.05) is 0 Å². The van der Waals surface area contributed by atoms with Gasteiger partial charge in [-0.15, -0.1) is 0 Å². The van der Waals surface area contributed by atoms with E-state index in [4.69, 9.17) is 0 Å². The number of hydrogen-bond donors (Lipinski definition) is 0. The van der Waals surface area contributed by atoms with Gasteiger partial charge in [0.05, 0.1) is 8.07 Å². The lowest BCUT2D eigenvalue weighted by atomic mass is 9.78. The monoisotopic (exact) mass is 833 g/mol. The minimum Gasteiger partial charge on any atom is -0.0679 e. The maximum absolute atomic E-state index is 2.73. The Morgan fingerprint density at radius 1 is 0.393 bits per heavy atom. The van der Waals surface area contributed by atoms with Gasteiger partial charge in [-0.25, -0.2) is 0 Å². The van der Waals surface area contributed by atoms with Crippen LogP contribution in [0.15, 0.2) is 71.8 Å². The summed E-state index contributed by atoms with van der Waals surface area (Å²) in [7, 11) is -2.18. The van der Waals surface area contributed by atoms with E-state index in [2.05, 4.69) is 224 Å². The molecule has 2 atom stereocenters. The van der Waals surface area contributed by atoms with Crippen molar-refractivity contribution in [2.45, 2.75) is 197 Å². The summed E-state index contributed by atoms with van der Waals surface area (Å²) in [6.45, 7) is 53.2. The van der Waals surface area contributed by atoms with Crippen molar-refractivity contribution in [3.05, 3.63) is 127 Å². The molecule has 0 heterocycles. The highest BCUT2D eigenvalue weighted by Gasteiger charge is 2.48. The fraction of sp³-hybridized carbons (Fsp3) is 0.533. The Morgan fingerprint density at radius 3 is 0.918 bits per heavy atom. The maximum atomic E-state index is 2.73. The van der Waals surface area contributed by atoms with Gasteiger partial charge in [-0.1, -0.05) is 222 Å². The molecule has 6 rings (SSSR count). The fourth-order valence-electron chi connectivity index (χ4n) is 10.7. The molecule has 2 unspecified atom stereocenters. The third-order valence-electron chi connectivity index (χ3n) is 13.7. The molecule has 2 aliphatic rings. The molecule has 0 aliphatic heterocycles. The minimum absolute atomic E-state index is 0.0538. The van der Waals surface area contributed by atoms with Crippen molar-refractivity contribution < 1.29 is 0 Å². The zero-order chi connectivity index (χ0) is 45.8. The standard InChI is InChI=1S/C60H84Si/c1-37-23-49-47(41-29-43(57(9,10)11)33-44(30-41)58(12,13)14)25-39(35-55(3,4)5)27-51(49)53(37)61(21,22)54-38(2)24-50-48(26-40(28-52(50)54)36-56(6,7)8)42-31-45(59(15,16)17)34-46(32-42)60(18,19)20/h23-34,53-54H,35-36H2,1-22H3. The Hall–Kier alpha value is -3.42. The van der Waals surface area contributed by atoms with Crippen LogP contribution < -0.4 is 0 Å². The van der Waals surface area contributed by atoms with Gasteiger partial charge in [0, 0.05) is 11.1 Å². The van der Waals surface area contributed by atoms with Crippen LogP contribution >= 0.6 is 0 Å². The van der Waals surface area contributed by atoms with Crippen LogP contribution in [0.1, 0.15) is 205 Å². The van der Waals surface area contributed by atoms with Crippen LogP contribution in [0.25, 0.3) is 34.4 Å². The predicted octanol–water partition coefficient (Wildman–Crippen LogP) is 17.9. The summed E-state index contributed by atoms with van der Waals surface area (Å²) in [5.74, 6) is 0. The third-order valence-corrected chi connectivity index (χ3v) is 18.2. The Bertz CT molecular complexity index is 2160. The van der Waals surface area contributed by atoms with E-state index in [9.17, 15) is 0 Å². The van der Waals surface area contributed by atoms with Crippen LogP contribution in [-0.2, 0) is 34.5 Å². The Labute approximate surface area is 376 Å². The van der Waals surface area contributed by atoms with Gasteiger partial charge in [0.1, 0.15) is 0 Å². The summed E-state index contributed by atoms with van der Waals surface area (Å²) in [6.07, 6.45) is 7.32. The highest BCUT2D eigenvalue weighted by Crippen LogP contribution is 2.55. The molecule has 0 aromatic heterocycles. The Balaban J connectivity index is 1.60. The molecule has 4 aromatic rings. The first kappa shape index (κ1) is 47.1. The lowest BCUT2D eigenvalue weighted by Gasteiger charge is -2.39. The zero-order valence-electron chi connectivity index (χ0n) is 43.0. The van der Waals surface area contributed by atoms with Crippen molar-refractivity contribution in [1.82, 2.24) is 0 Å². The number of allylic oxidation sites excluding steroid dienone is 2. The van der Waals surface area contributed by atoms with Crippen LogP contribution in [0.3, 0.4) is 0 Å². The Kier molecular flexibility index (Phi) is 11.9. The van der Waals surface area contributed by atoms with E-state index in [0.717, 1.165) is 12.8 Å². The molecule has 0 saturated carbocycles. The molecular formula is C60H84Si. The van der Waals surface area contributed by atoms with E-state index in [1.165, 1.54) is 66.8 Å². The van der Waals surface area contributed by atoms with E-state index < -0.39 is 8.07 Å². The first-order chi connectivity index (χ1) is 27.5. The van der Waals surface area contributed by atoms with Gasteiger partial charge < -0.3 is 0 Å². The molecule has 61 heavy (non-hydrogen) atoms. The van der Waals surface area contributed by atoms with Crippen molar-refractivity contribution >= 4 is 20.2 Å². The second-order valence-corrected chi connectivity index (χ2v) is 31.6. The average molecular weight is 833 g/mol. The van der Waals surface area contributed by atoms with Gasteiger partial charge in [0.15, 0.2) is 0 Å². The molecule has 0 saturated heterocycles. The molecule has 2 aliphatic carbocycles. The van der Waals surface area contributed by atoms with Gasteiger partial charge in [-0.05, 0) is 137 Å². The van der Waals surface area contributed by atoms with E-state index >= 15 is 0 Å². The second kappa shape index (κ2) is 15.4. The molecule has 0 amide bonds. The second-order valence-electron chi connectivity index (χ2n) is 26.8. The van der Waals surface area contributed by atoms with Gasteiger partial charge in [0.2, 0.25) is 0 Å². The summed E-state index contributed by atoms with van der Waals surface area (Å²) >= 11 is 0. The zero-order valence-corrected chi connectivity index (χ0v) is 44.0. The van der Waals surface area contributed by atoms with Crippen LogP contribution in [-0.4, -0.2) is 8.07 Å². The predicted molar refractivity (Wildman–Crippen MR) is 275 cm³/mol. The molecule has 1 heteroatoms. The van der Waals surface area contributed by atoms with E-state index in [1.54, 1.807) is 22.3 Å². The van der Waals surface area contributed by atoms with Crippen LogP contribution in [0.5, 0.6) is 0 Å². The van der Waals surface area contributed by atoms with Crippen molar-refractivity contribution in [2.24, 2.45) is 10.8 Å². The summed E-state index contributed by atoms with van der Waals surface area (Å²) in [5.41, 5.74) is 24.8. The van der Waals surface area contributed by atoms with Gasteiger partial charge in [-0.3, -0.25) is 0 Å². The van der Waals surface area contributed by atoms with Gasteiger partial charge >= 0.3 is 0 Å². The van der Waals surface area contributed by atoms with Crippen molar-refractivity contribution in [3.8, 4) is 22.3 Å². The van der Waals surface area contributed by atoms with E-state index in [0.29, 0.717) is 11.1 Å². The number of fused-ring (bicyclic) bond motifs is 2. The van der Waals surface area contributed by atoms with Crippen molar-refractivity contribution in [3.63, 3.8) is 0 Å². The fourth-order valence-corrected chi connectivity index (χ4v) is 15.7. The lowest BCUT2D eigenvalue weighted by molar-refractivity contribution is 0.411. The minimum atomic E-state index is -2.18. The van der Waals surface area contributed by atoms with Gasteiger partial charge in [0.25, 0.3) is 0 Å². The molecule has 4 aromatic carbocycles. The highest BCUT2D eigenvalue weighted by molar-refractivity contribution is 6.81. The average Bonchev–Trinajstić information content (AvgIpc) is 3.60. The Morgan fingerprint density at radius 2 is 0.672 bits per heavy atom. The van der Waals surface area contributed by atoms with Crippen molar-refractivity contribution in [1.29, 1.82) is 0 Å². The molecule has 0 nitrogen and oxygen atoms in total. The SMILES string of the molecule is CC1=Cc2c(-c3cc(C(C)(C)C)cc(C(C)(C)C)c3)cc(CC(C)(C)C)cc2C1[Si](C)(C)C1C(C)=Cc2c(-c3cc(C(C)(C)C)cc(C(C)(C)C)c3)cc(CC(C)(C)C)cc21. The van der Waals surface area contributed by atoms with Crippen LogP contribution in [0.4, 0.5) is 0 Å². The largest absolute Gasteiger partial charge is 0.0722 e. The highest BCUT2D eigenvalue weighted by atomic mass is 28.3. The molecule has 0 N–H and O–H groups in total. The molecule has 0 fully saturated rings. The number of rotatable bonds is 6. The number of hydrogen-bond acceptors (Lipinski definition) is 0. The van der Waals surface area contributed by atoms with Crippen LogP contribution in [0, 0.1) is 10.8 Å². The maximum Gasteiger partial charge on any atom is 0.0722 e. The quantitative estimate of drug-likeness (QED) is 0.170. The first-order valence-corrected chi connectivity index (χ1v) is 26.7. The lowest BCUT2D eigenvalue weighted by Crippen LogP contribution is -2.42. The molecule has 0 spiro atoms. The summed E-state index contributed by atoms with van der Waals surface area (Å²) in [5, 5.41) is 0. The summed E-state index contributed by atoms with van der Waals surface area (Å²) in [4.78, 5) is 0.